The van der Waals surface area contributed by atoms with Gasteiger partial charge in [-0.3, -0.25) is 14.4 Å². The van der Waals surface area contributed by atoms with Crippen LogP contribution in [0, 0.1) is 0 Å². The highest BCUT2D eigenvalue weighted by Gasteiger charge is 2.35. The molecule has 3 aromatic rings. The van der Waals surface area contributed by atoms with E-state index in [4.69, 9.17) is 18.9 Å². The second-order valence-electron chi connectivity index (χ2n) is 9.01. The number of nitrogens with zero attached hydrogens (tertiary/aromatic N) is 4. The molecular formula is C25H27N5O5. The molecule has 0 radical (unpaired) electrons. The summed E-state index contributed by atoms with van der Waals surface area (Å²) in [5.74, 6) is 2.07. The van der Waals surface area contributed by atoms with Gasteiger partial charge in [-0.1, -0.05) is 17.3 Å². The van der Waals surface area contributed by atoms with Crippen molar-refractivity contribution in [3.05, 3.63) is 65.5 Å². The van der Waals surface area contributed by atoms with E-state index in [1.54, 1.807) is 12.1 Å². The van der Waals surface area contributed by atoms with E-state index in [-0.39, 0.29) is 24.8 Å². The lowest BCUT2D eigenvalue weighted by atomic mass is 10.1. The molecule has 0 saturated carbocycles. The number of nitrogens with one attached hydrogen (secondary N) is 1. The fraction of sp³-hybridized carbons (Fsp3) is 0.400. The van der Waals surface area contributed by atoms with Crippen LogP contribution in [0.2, 0.25) is 0 Å². The number of hydrogen-bond acceptors (Lipinski definition) is 8. The first-order valence-electron chi connectivity index (χ1n) is 11.8. The van der Waals surface area contributed by atoms with Crippen LogP contribution in [-0.4, -0.2) is 64.4 Å². The summed E-state index contributed by atoms with van der Waals surface area (Å²) in [5.41, 5.74) is 2.45. The standard InChI is InChI=1S/C25H27N5O5/c31-25-18-3-1-4-20(10-18)32-8-2-7-30-12-19(27-28-30)15-33-24-14-29(13-21(24)26-25)11-17-5-6-22-23(9-17)35-16-34-22/h1,3-6,9-10,12,21,24H,2,7-8,11,13-16H2,(H,26,31)/t21-,24-/m0/s1. The Balaban J connectivity index is 1.21. The zero-order valence-electron chi connectivity index (χ0n) is 19.3. The highest BCUT2D eigenvalue weighted by Crippen LogP contribution is 2.33. The normalized spacial score (nSPS) is 22.3. The maximum absolute atomic E-state index is 13.1. The fourth-order valence-electron chi connectivity index (χ4n) is 4.69. The Morgan fingerprint density at radius 2 is 2.00 bits per heavy atom. The van der Waals surface area contributed by atoms with Gasteiger partial charge in [0.25, 0.3) is 5.91 Å². The number of aromatic nitrogens is 3. The summed E-state index contributed by atoms with van der Waals surface area (Å²) in [6, 6.07) is 13.1. The van der Waals surface area contributed by atoms with Gasteiger partial charge in [0, 0.05) is 38.2 Å². The zero-order chi connectivity index (χ0) is 23.6. The summed E-state index contributed by atoms with van der Waals surface area (Å²) >= 11 is 0. The smallest absolute Gasteiger partial charge is 0.251 e. The molecule has 1 fully saturated rings. The SMILES string of the molecule is O=C1N[C@H]2CN(Cc3ccc4c(c3)OCO4)C[C@@H]2OCc2cn(nn2)CCCOc2cccc1c2. The second-order valence-corrected chi connectivity index (χ2v) is 9.01. The average molecular weight is 478 g/mol. The maximum Gasteiger partial charge on any atom is 0.251 e. The van der Waals surface area contributed by atoms with Gasteiger partial charge in [0.05, 0.1) is 31.6 Å². The van der Waals surface area contributed by atoms with Crippen LogP contribution in [0.4, 0.5) is 0 Å². The van der Waals surface area contributed by atoms with Crippen LogP contribution in [0.25, 0.3) is 0 Å². The van der Waals surface area contributed by atoms with Crippen molar-refractivity contribution < 1.29 is 23.7 Å². The Hall–Kier alpha value is -3.63. The molecule has 6 rings (SSSR count). The molecule has 0 aliphatic carbocycles. The van der Waals surface area contributed by atoms with E-state index in [9.17, 15) is 4.79 Å². The lowest BCUT2D eigenvalue weighted by Gasteiger charge is -2.20. The first kappa shape index (κ1) is 21.9. The predicted molar refractivity (Wildman–Crippen MR) is 124 cm³/mol. The number of carbonyl (C=O) groups is 1. The lowest BCUT2D eigenvalue weighted by molar-refractivity contribution is 0.0293. The molecular weight excluding hydrogens is 450 g/mol. The van der Waals surface area contributed by atoms with E-state index in [1.807, 2.05) is 41.2 Å². The molecule has 1 amide bonds. The Kier molecular flexibility index (Phi) is 5.97. The molecule has 1 saturated heterocycles. The number of amides is 1. The van der Waals surface area contributed by atoms with E-state index in [0.717, 1.165) is 29.2 Å². The molecule has 4 bridgehead atoms. The van der Waals surface area contributed by atoms with Crippen LogP contribution in [0.3, 0.4) is 0 Å². The van der Waals surface area contributed by atoms with Crippen molar-refractivity contribution in [3.63, 3.8) is 0 Å². The van der Waals surface area contributed by atoms with E-state index in [0.29, 0.717) is 50.7 Å². The van der Waals surface area contributed by atoms with Gasteiger partial charge in [-0.25, -0.2) is 0 Å². The number of rotatable bonds is 2. The molecule has 10 heteroatoms. The summed E-state index contributed by atoms with van der Waals surface area (Å²) in [5, 5.41) is 11.6. The molecule has 4 heterocycles. The average Bonchev–Trinajstić information content (AvgIpc) is 3.60. The third-order valence-corrected chi connectivity index (χ3v) is 6.43. The quantitative estimate of drug-likeness (QED) is 0.598. The minimum Gasteiger partial charge on any atom is -0.494 e. The molecule has 182 valence electrons. The van der Waals surface area contributed by atoms with Crippen molar-refractivity contribution in [3.8, 4) is 17.2 Å². The predicted octanol–water partition coefficient (Wildman–Crippen LogP) is 1.99. The number of hydrogen-bond donors (Lipinski definition) is 1. The Morgan fingerprint density at radius 1 is 1.06 bits per heavy atom. The van der Waals surface area contributed by atoms with Gasteiger partial charge in [0.2, 0.25) is 6.79 Å². The van der Waals surface area contributed by atoms with Gasteiger partial charge in [-0.05, 0) is 35.9 Å². The summed E-state index contributed by atoms with van der Waals surface area (Å²) in [6.45, 7) is 3.86. The Morgan fingerprint density at radius 3 is 2.97 bits per heavy atom. The number of aryl methyl sites for hydroxylation is 1. The molecule has 3 aliphatic rings. The van der Waals surface area contributed by atoms with Crippen molar-refractivity contribution in [2.45, 2.75) is 38.3 Å². The van der Waals surface area contributed by atoms with Gasteiger partial charge in [-0.2, -0.15) is 0 Å². The molecule has 1 N–H and O–H groups in total. The highest BCUT2D eigenvalue weighted by atomic mass is 16.7. The second kappa shape index (κ2) is 9.55. The molecule has 10 nitrogen and oxygen atoms in total. The van der Waals surface area contributed by atoms with Crippen molar-refractivity contribution in [1.29, 1.82) is 0 Å². The minimum atomic E-state index is -0.189. The van der Waals surface area contributed by atoms with Gasteiger partial charge in [0.15, 0.2) is 11.5 Å². The summed E-state index contributed by atoms with van der Waals surface area (Å²) < 4.78 is 24.9. The third-order valence-electron chi connectivity index (χ3n) is 6.43. The van der Waals surface area contributed by atoms with Gasteiger partial charge in [0.1, 0.15) is 11.4 Å². The zero-order valence-corrected chi connectivity index (χ0v) is 19.3. The molecule has 2 atom stereocenters. The number of likely N-dealkylation sites (tertiary alicyclic amines) is 1. The largest absolute Gasteiger partial charge is 0.494 e. The topological polar surface area (TPSA) is 100.0 Å². The van der Waals surface area contributed by atoms with Crippen molar-refractivity contribution in [2.75, 3.05) is 26.5 Å². The van der Waals surface area contributed by atoms with Crippen LogP contribution in [0.1, 0.15) is 28.0 Å². The molecule has 35 heavy (non-hydrogen) atoms. The van der Waals surface area contributed by atoms with E-state index in [1.165, 1.54) is 0 Å². The van der Waals surface area contributed by atoms with Crippen LogP contribution >= 0.6 is 0 Å². The van der Waals surface area contributed by atoms with Crippen molar-refractivity contribution in [2.24, 2.45) is 0 Å². The monoisotopic (exact) mass is 477 g/mol. The Bertz CT molecular complexity index is 1210. The minimum absolute atomic E-state index is 0.142. The van der Waals surface area contributed by atoms with E-state index in [2.05, 4.69) is 20.5 Å². The number of carbonyl (C=O) groups excluding carboxylic acids is 1. The fourth-order valence-corrected chi connectivity index (χ4v) is 4.69. The number of benzene rings is 2. The van der Waals surface area contributed by atoms with Crippen LogP contribution in [-0.2, 0) is 24.4 Å². The van der Waals surface area contributed by atoms with E-state index >= 15 is 0 Å². The van der Waals surface area contributed by atoms with Crippen molar-refractivity contribution >= 4 is 5.91 Å². The van der Waals surface area contributed by atoms with Crippen molar-refractivity contribution in [1.82, 2.24) is 25.2 Å². The molecule has 0 unspecified atom stereocenters. The highest BCUT2D eigenvalue weighted by molar-refractivity contribution is 5.94. The van der Waals surface area contributed by atoms with Gasteiger partial charge < -0.3 is 24.3 Å². The van der Waals surface area contributed by atoms with Crippen LogP contribution < -0.4 is 19.5 Å². The summed E-state index contributed by atoms with van der Waals surface area (Å²) in [6.07, 6.45) is 2.49. The molecule has 3 aliphatic heterocycles. The van der Waals surface area contributed by atoms with Crippen LogP contribution in [0.15, 0.2) is 48.7 Å². The third kappa shape index (κ3) is 4.94. The van der Waals surface area contributed by atoms with Crippen LogP contribution in [0.5, 0.6) is 17.2 Å². The summed E-state index contributed by atoms with van der Waals surface area (Å²) in [7, 11) is 0. The van der Waals surface area contributed by atoms with Gasteiger partial charge >= 0.3 is 0 Å². The summed E-state index contributed by atoms with van der Waals surface area (Å²) in [4.78, 5) is 15.4. The molecule has 2 aromatic carbocycles. The Labute approximate surface area is 202 Å². The maximum atomic E-state index is 13.1. The lowest BCUT2D eigenvalue weighted by Crippen LogP contribution is -2.44. The first-order valence-corrected chi connectivity index (χ1v) is 11.8. The van der Waals surface area contributed by atoms with E-state index < -0.39 is 0 Å². The number of ether oxygens (including phenoxy) is 4. The molecule has 0 spiro atoms. The first-order chi connectivity index (χ1) is 17.2. The van der Waals surface area contributed by atoms with Gasteiger partial charge in [-0.15, -0.1) is 5.10 Å². The number of fused-ring (bicyclic) bond motifs is 6. The molecule has 1 aromatic heterocycles.